The van der Waals surface area contributed by atoms with Crippen LogP contribution < -0.4 is 4.74 Å². The Bertz CT molecular complexity index is 737. The standard InChI is InChI=1S/C20H30N2O5S2/c1-19(2,26)15(23)12-27-14-9-7-13(8-10-14)11-20(29-6)18(25)21(3)17(28-5)16(24)22(20)4/h7-10,15,17,23,26H,11-12H2,1-6H3/t15?,17-,20-/m1/s1. The molecule has 1 aliphatic heterocycles. The summed E-state index contributed by atoms with van der Waals surface area (Å²) in [6.07, 6.45) is 3.01. The number of benzene rings is 1. The fourth-order valence-electron chi connectivity index (χ4n) is 3.14. The fourth-order valence-corrected chi connectivity index (χ4v) is 4.91. The van der Waals surface area contributed by atoms with E-state index < -0.39 is 21.9 Å². The average Bonchev–Trinajstić information content (AvgIpc) is 2.68. The zero-order valence-electron chi connectivity index (χ0n) is 17.7. The van der Waals surface area contributed by atoms with E-state index in [1.807, 2.05) is 24.6 Å². The Kier molecular flexibility index (Phi) is 7.53. The van der Waals surface area contributed by atoms with Gasteiger partial charge < -0.3 is 24.7 Å². The van der Waals surface area contributed by atoms with Crippen molar-refractivity contribution in [1.82, 2.24) is 9.80 Å². The van der Waals surface area contributed by atoms with Crippen LogP contribution in [0.5, 0.6) is 5.75 Å². The summed E-state index contributed by atoms with van der Waals surface area (Å²) in [4.78, 5) is 28.0. The van der Waals surface area contributed by atoms with Crippen molar-refractivity contribution in [2.45, 2.75) is 42.2 Å². The monoisotopic (exact) mass is 442 g/mol. The number of hydrogen-bond donors (Lipinski definition) is 2. The SMILES string of the molecule is CS[C@@H]1C(=O)N(C)[C@](Cc2ccc(OCC(O)C(C)(C)O)cc2)(SC)C(=O)N1C. The highest BCUT2D eigenvalue weighted by Gasteiger charge is 2.53. The number of piperazine rings is 1. The molecule has 1 heterocycles. The molecule has 2 amide bonds. The molecule has 1 aromatic carbocycles. The lowest BCUT2D eigenvalue weighted by Gasteiger charge is -2.48. The van der Waals surface area contributed by atoms with Crippen molar-refractivity contribution < 1.29 is 24.5 Å². The van der Waals surface area contributed by atoms with E-state index in [0.717, 1.165) is 5.56 Å². The first kappa shape index (κ1) is 23.9. The van der Waals surface area contributed by atoms with Crippen molar-refractivity contribution in [3.63, 3.8) is 0 Å². The summed E-state index contributed by atoms with van der Waals surface area (Å²) in [5.41, 5.74) is -0.359. The minimum Gasteiger partial charge on any atom is -0.491 e. The van der Waals surface area contributed by atoms with E-state index in [1.165, 1.54) is 42.3 Å². The Labute approximate surface area is 180 Å². The molecule has 0 radical (unpaired) electrons. The number of rotatable bonds is 8. The summed E-state index contributed by atoms with van der Waals surface area (Å²) in [6, 6.07) is 7.19. The zero-order chi connectivity index (χ0) is 22.0. The summed E-state index contributed by atoms with van der Waals surface area (Å²) in [5.74, 6) is 0.365. The first-order valence-corrected chi connectivity index (χ1v) is 11.7. The van der Waals surface area contributed by atoms with Crippen molar-refractivity contribution in [3.8, 4) is 5.75 Å². The van der Waals surface area contributed by atoms with Crippen LogP contribution >= 0.6 is 23.5 Å². The molecule has 1 saturated heterocycles. The molecule has 7 nitrogen and oxygen atoms in total. The number of hydrogen-bond acceptors (Lipinski definition) is 7. The van der Waals surface area contributed by atoms with Gasteiger partial charge in [-0.25, -0.2) is 0 Å². The molecule has 0 bridgehead atoms. The summed E-state index contributed by atoms with van der Waals surface area (Å²) >= 11 is 2.71. The maximum Gasteiger partial charge on any atom is 0.260 e. The first-order valence-electron chi connectivity index (χ1n) is 9.23. The van der Waals surface area contributed by atoms with Crippen molar-refractivity contribution in [2.24, 2.45) is 0 Å². The third kappa shape index (κ3) is 4.84. The molecule has 0 saturated carbocycles. The van der Waals surface area contributed by atoms with Gasteiger partial charge in [-0.2, -0.15) is 0 Å². The normalized spacial score (nSPS) is 24.1. The Morgan fingerprint density at radius 2 is 1.79 bits per heavy atom. The Hall–Kier alpha value is -1.42. The minimum atomic E-state index is -1.25. The lowest BCUT2D eigenvalue weighted by atomic mass is 10.0. The van der Waals surface area contributed by atoms with E-state index in [0.29, 0.717) is 12.2 Å². The van der Waals surface area contributed by atoms with Gasteiger partial charge in [-0.1, -0.05) is 12.1 Å². The van der Waals surface area contributed by atoms with Crippen LogP contribution in [-0.2, 0) is 16.0 Å². The third-order valence-corrected chi connectivity index (χ3v) is 7.47. The molecule has 3 atom stereocenters. The van der Waals surface area contributed by atoms with E-state index in [9.17, 15) is 19.8 Å². The van der Waals surface area contributed by atoms with Gasteiger partial charge in [0.2, 0.25) is 0 Å². The van der Waals surface area contributed by atoms with Crippen molar-refractivity contribution >= 4 is 35.3 Å². The number of carbonyl (C=O) groups is 2. The van der Waals surface area contributed by atoms with E-state index >= 15 is 0 Å². The van der Waals surface area contributed by atoms with Gasteiger partial charge in [0.25, 0.3) is 11.8 Å². The number of aliphatic hydroxyl groups excluding tert-OH is 1. The highest BCUT2D eigenvalue weighted by molar-refractivity contribution is 8.01. The van der Waals surface area contributed by atoms with Crippen LogP contribution in [0, 0.1) is 0 Å². The summed E-state index contributed by atoms with van der Waals surface area (Å²) in [7, 11) is 3.35. The predicted octanol–water partition coefficient (Wildman–Crippen LogP) is 1.42. The molecule has 0 aliphatic carbocycles. The molecular weight excluding hydrogens is 412 g/mol. The third-order valence-electron chi connectivity index (χ3n) is 5.24. The van der Waals surface area contributed by atoms with Crippen LogP contribution in [0.15, 0.2) is 24.3 Å². The van der Waals surface area contributed by atoms with E-state index in [4.69, 9.17) is 4.74 Å². The number of carbonyl (C=O) groups excluding carboxylic acids is 2. The highest BCUT2D eigenvalue weighted by Crippen LogP contribution is 2.39. The van der Waals surface area contributed by atoms with Crippen LogP contribution in [0.25, 0.3) is 0 Å². The lowest BCUT2D eigenvalue weighted by Crippen LogP contribution is -2.68. The topological polar surface area (TPSA) is 90.3 Å². The van der Waals surface area contributed by atoms with E-state index in [2.05, 4.69) is 0 Å². The predicted molar refractivity (Wildman–Crippen MR) is 117 cm³/mol. The van der Waals surface area contributed by atoms with Gasteiger partial charge in [0.15, 0.2) is 10.2 Å². The summed E-state index contributed by atoms with van der Waals surface area (Å²) < 4.78 is 5.54. The van der Waals surface area contributed by atoms with Gasteiger partial charge in [0.1, 0.15) is 18.5 Å². The lowest BCUT2D eigenvalue weighted by molar-refractivity contribution is -0.156. The number of ether oxygens (including phenoxy) is 1. The van der Waals surface area contributed by atoms with E-state index in [1.54, 1.807) is 31.1 Å². The van der Waals surface area contributed by atoms with Crippen LogP contribution in [0.3, 0.4) is 0 Å². The highest BCUT2D eigenvalue weighted by atomic mass is 32.2. The molecule has 0 spiro atoms. The number of likely N-dealkylation sites (N-methyl/N-ethyl adjacent to an activating group) is 2. The zero-order valence-corrected chi connectivity index (χ0v) is 19.3. The molecule has 1 fully saturated rings. The average molecular weight is 443 g/mol. The fraction of sp³-hybridized carbons (Fsp3) is 0.600. The molecule has 1 aromatic rings. The van der Waals surface area contributed by atoms with Gasteiger partial charge in [0, 0.05) is 20.5 Å². The molecule has 2 N–H and O–H groups in total. The van der Waals surface area contributed by atoms with Gasteiger partial charge in [-0.3, -0.25) is 9.59 Å². The van der Waals surface area contributed by atoms with Crippen LogP contribution in [0.2, 0.25) is 0 Å². The van der Waals surface area contributed by atoms with Crippen LogP contribution in [0.4, 0.5) is 0 Å². The van der Waals surface area contributed by atoms with Crippen molar-refractivity contribution in [3.05, 3.63) is 29.8 Å². The number of nitrogens with zero attached hydrogens (tertiary/aromatic N) is 2. The van der Waals surface area contributed by atoms with E-state index in [-0.39, 0.29) is 18.4 Å². The summed E-state index contributed by atoms with van der Waals surface area (Å²) in [5, 5.41) is 19.1. The molecule has 1 aliphatic rings. The van der Waals surface area contributed by atoms with Crippen LogP contribution in [-0.4, -0.2) is 87.0 Å². The molecule has 2 rings (SSSR count). The molecule has 1 unspecified atom stereocenters. The minimum absolute atomic E-state index is 0.0335. The second-order valence-corrected chi connectivity index (χ2v) is 9.69. The number of aliphatic hydroxyl groups is 2. The molecule has 9 heteroatoms. The second kappa shape index (κ2) is 9.16. The van der Waals surface area contributed by atoms with Gasteiger partial charge in [-0.05, 0) is 44.1 Å². The molecular formula is C20H30N2O5S2. The molecule has 162 valence electrons. The Morgan fingerprint density at radius 1 is 1.21 bits per heavy atom. The maximum absolute atomic E-state index is 13.2. The smallest absolute Gasteiger partial charge is 0.260 e. The number of amides is 2. The van der Waals surface area contributed by atoms with Gasteiger partial charge in [-0.15, -0.1) is 23.5 Å². The van der Waals surface area contributed by atoms with Crippen LogP contribution in [0.1, 0.15) is 19.4 Å². The number of thioether (sulfide) groups is 2. The first-order chi connectivity index (χ1) is 13.5. The molecule has 0 aromatic heterocycles. The molecule has 29 heavy (non-hydrogen) atoms. The van der Waals surface area contributed by atoms with Crippen molar-refractivity contribution in [2.75, 3.05) is 33.2 Å². The second-order valence-electron chi connectivity index (χ2n) is 7.69. The maximum atomic E-state index is 13.2. The largest absolute Gasteiger partial charge is 0.491 e. The van der Waals surface area contributed by atoms with Gasteiger partial charge in [0.05, 0.1) is 5.60 Å². The van der Waals surface area contributed by atoms with Gasteiger partial charge >= 0.3 is 0 Å². The summed E-state index contributed by atoms with van der Waals surface area (Å²) in [6.45, 7) is 3.00. The Morgan fingerprint density at radius 3 is 2.28 bits per heavy atom. The van der Waals surface area contributed by atoms with Crippen molar-refractivity contribution in [1.29, 1.82) is 0 Å². The quantitative estimate of drug-likeness (QED) is 0.629. The Balaban J connectivity index is 2.16.